The van der Waals surface area contributed by atoms with E-state index < -0.39 is 124 Å². The van der Waals surface area contributed by atoms with Gasteiger partial charge in [-0.1, -0.05) is 256 Å². The number of carbonyl (C=O) groups is 1. The van der Waals surface area contributed by atoms with Crippen molar-refractivity contribution in [2.45, 2.75) is 336 Å². The topological polar surface area (TPSA) is 307 Å². The molecular weight excluding hydrogens is 1290 g/mol. The molecule has 0 aromatic heterocycles. The van der Waals surface area contributed by atoms with Crippen LogP contribution in [0.3, 0.4) is 0 Å². The molecule has 12 N–H and O–H groups in total. The summed E-state index contributed by atoms with van der Waals surface area (Å²) in [5.74, 6) is -0.299. The number of allylic oxidation sites excluding steroid dienone is 23. The number of aliphatic hydroxyl groups excluding tert-OH is 11. The standard InChI is InChI=1S/C82H135NO18/c1-3-5-7-9-11-13-15-17-19-21-22-23-24-25-26-27-28-29-30-31-32-33-34-35-36-37-38-39-40-41-42-44-46-48-50-52-54-56-58-60-70(88)83-65(66(87)59-57-55-53-51-49-47-45-43-20-18-16-14-12-10-8-6-4-2)64-96-80-76(94)73(91)78(68(62-85)98-80)101-82-77(95)74(92)79(69(63-86)99-82)100-81-75(93)72(90)71(89)67(61-84)97-81/h5,7,11,13,17,19-20,22-23,25-26,28-29,31-32,34-35,37-38,43,49,51,57,59,65-69,71-82,84-87,89-95H,3-4,6,8-10,12,14-16,18,21,24,27,30,33,36,39-42,44-48,50,52-56,58,60-64H2,1-2H3,(H,83,88)/b7-5-,13-11-,19-17-,23-22-,26-25-,29-28-,32-31-,35-34-,38-37-,43-20+,51-49+,59-57+. The smallest absolute Gasteiger partial charge is 0.220 e. The van der Waals surface area contributed by atoms with Gasteiger partial charge in [-0.25, -0.2) is 0 Å². The minimum absolute atomic E-state index is 0.219. The normalized spacial score (nSPS) is 27.2. The number of aliphatic hydroxyl groups is 11. The van der Waals surface area contributed by atoms with Crippen LogP contribution in [0, 0.1) is 0 Å². The zero-order valence-corrected chi connectivity index (χ0v) is 61.3. The molecule has 0 spiro atoms. The third kappa shape index (κ3) is 41.2. The summed E-state index contributed by atoms with van der Waals surface area (Å²) in [6, 6.07) is -1.01. The van der Waals surface area contributed by atoms with Crippen LogP contribution in [0.2, 0.25) is 0 Å². The molecule has 0 aromatic carbocycles. The number of carbonyl (C=O) groups excluding carboxylic acids is 1. The van der Waals surface area contributed by atoms with Gasteiger partial charge >= 0.3 is 0 Å². The van der Waals surface area contributed by atoms with Gasteiger partial charge in [-0.15, -0.1) is 0 Å². The zero-order chi connectivity index (χ0) is 73.2. The summed E-state index contributed by atoms with van der Waals surface area (Å²) < 4.78 is 34.4. The quantitative estimate of drug-likeness (QED) is 0.0199. The Morgan fingerprint density at radius 3 is 1.11 bits per heavy atom. The average molecular weight is 1420 g/mol. The summed E-state index contributed by atoms with van der Waals surface area (Å²) in [7, 11) is 0. The Bertz CT molecular complexity index is 2400. The minimum Gasteiger partial charge on any atom is -0.394 e. The third-order valence-corrected chi connectivity index (χ3v) is 18.1. The predicted octanol–water partition coefficient (Wildman–Crippen LogP) is 12.3. The summed E-state index contributed by atoms with van der Waals surface area (Å²) in [6.07, 6.45) is 61.1. The predicted molar refractivity (Wildman–Crippen MR) is 401 cm³/mol. The molecule has 0 aromatic rings. The molecule has 17 atom stereocenters. The first-order valence-corrected chi connectivity index (χ1v) is 38.6. The molecule has 0 saturated carbocycles. The Kier molecular flexibility index (Phi) is 54.8. The molecule has 19 heteroatoms. The van der Waals surface area contributed by atoms with E-state index in [2.05, 4.69) is 153 Å². The van der Waals surface area contributed by atoms with Gasteiger partial charge in [-0.05, 0) is 116 Å². The van der Waals surface area contributed by atoms with Gasteiger partial charge in [-0.2, -0.15) is 0 Å². The van der Waals surface area contributed by atoms with E-state index in [4.69, 9.17) is 28.4 Å². The number of hydrogen-bond donors (Lipinski definition) is 12. The van der Waals surface area contributed by atoms with Crippen molar-refractivity contribution in [3.8, 4) is 0 Å². The summed E-state index contributed by atoms with van der Waals surface area (Å²) in [4.78, 5) is 13.4. The lowest BCUT2D eigenvalue weighted by atomic mass is 9.96. The maximum Gasteiger partial charge on any atom is 0.220 e. The first-order valence-electron chi connectivity index (χ1n) is 38.6. The van der Waals surface area contributed by atoms with Gasteiger partial charge in [0.2, 0.25) is 5.91 Å². The van der Waals surface area contributed by atoms with Crippen molar-refractivity contribution in [3.05, 3.63) is 146 Å². The molecule has 1 amide bonds. The molecule has 3 aliphatic heterocycles. The van der Waals surface area contributed by atoms with E-state index >= 15 is 0 Å². The molecule has 3 rings (SSSR count). The Hall–Kier alpha value is -4.33. The number of amides is 1. The second-order valence-electron chi connectivity index (χ2n) is 26.7. The fourth-order valence-corrected chi connectivity index (χ4v) is 11.9. The van der Waals surface area contributed by atoms with Crippen molar-refractivity contribution >= 4 is 5.91 Å². The van der Waals surface area contributed by atoms with Crippen molar-refractivity contribution in [3.63, 3.8) is 0 Å². The molecule has 0 aliphatic carbocycles. The largest absolute Gasteiger partial charge is 0.394 e. The monoisotopic (exact) mass is 1420 g/mol. The van der Waals surface area contributed by atoms with E-state index in [-0.39, 0.29) is 18.9 Å². The summed E-state index contributed by atoms with van der Waals surface area (Å²) >= 11 is 0. The maximum absolute atomic E-state index is 13.4. The van der Waals surface area contributed by atoms with Crippen molar-refractivity contribution < 1.29 is 89.4 Å². The fourth-order valence-electron chi connectivity index (χ4n) is 11.9. The highest BCUT2D eigenvalue weighted by Gasteiger charge is 2.53. The lowest BCUT2D eigenvalue weighted by Crippen LogP contribution is -2.66. The molecule has 0 bridgehead atoms. The summed E-state index contributed by atoms with van der Waals surface area (Å²) in [5, 5.41) is 121. The van der Waals surface area contributed by atoms with Gasteiger partial charge in [0.15, 0.2) is 18.9 Å². The van der Waals surface area contributed by atoms with Gasteiger partial charge < -0.3 is 89.9 Å². The Morgan fingerprint density at radius 1 is 0.366 bits per heavy atom. The molecule has 17 unspecified atom stereocenters. The molecular formula is C82H135NO18. The Balaban J connectivity index is 1.36. The molecule has 19 nitrogen and oxygen atoms in total. The lowest BCUT2D eigenvalue weighted by Gasteiger charge is -2.48. The van der Waals surface area contributed by atoms with Crippen LogP contribution in [0.25, 0.3) is 0 Å². The van der Waals surface area contributed by atoms with Crippen molar-refractivity contribution in [2.24, 2.45) is 0 Å². The van der Waals surface area contributed by atoms with Crippen LogP contribution in [0.1, 0.15) is 232 Å². The van der Waals surface area contributed by atoms with Gasteiger partial charge in [0.1, 0.15) is 73.2 Å². The van der Waals surface area contributed by atoms with Gasteiger partial charge in [0.25, 0.3) is 0 Å². The Morgan fingerprint density at radius 2 is 0.693 bits per heavy atom. The highest BCUT2D eigenvalue weighted by Crippen LogP contribution is 2.33. The molecule has 3 aliphatic rings. The number of ether oxygens (including phenoxy) is 6. The van der Waals surface area contributed by atoms with E-state index in [1.165, 1.54) is 83.5 Å². The average Bonchev–Trinajstić information content (AvgIpc) is 0.792. The second-order valence-corrected chi connectivity index (χ2v) is 26.7. The number of hydrogen-bond acceptors (Lipinski definition) is 18. The van der Waals surface area contributed by atoms with E-state index in [0.29, 0.717) is 12.8 Å². The molecule has 3 saturated heterocycles. The number of unbranched alkanes of at least 4 members (excludes halogenated alkanes) is 20. The van der Waals surface area contributed by atoms with E-state index in [1.54, 1.807) is 6.08 Å². The SMILES string of the molecule is CC/C=C\C/C=C\C/C=C\C/C=C\C/C=C\C/C=C\C/C=C\C/C=C\C/C=C\CCCCCCCCCCCCCC(=O)NC(COC1OC(CO)C(OC2OC(CO)C(OC3OC(CO)C(O)C(O)C3O)C(O)C2O)C(O)C1O)C(O)/C=C/CC/C=C/CC/C=C/CCCCCCCCC. The van der Waals surface area contributed by atoms with Crippen molar-refractivity contribution in [1.82, 2.24) is 5.32 Å². The van der Waals surface area contributed by atoms with Gasteiger partial charge in [-0.3, -0.25) is 4.79 Å². The van der Waals surface area contributed by atoms with Gasteiger partial charge in [0.05, 0.1) is 38.6 Å². The Labute approximate surface area is 606 Å². The van der Waals surface area contributed by atoms with Crippen LogP contribution in [-0.2, 0) is 33.2 Å². The van der Waals surface area contributed by atoms with Crippen LogP contribution in [0.5, 0.6) is 0 Å². The van der Waals surface area contributed by atoms with E-state index in [0.717, 1.165) is 116 Å². The first-order chi connectivity index (χ1) is 49.3. The lowest BCUT2D eigenvalue weighted by molar-refractivity contribution is -0.379. The van der Waals surface area contributed by atoms with Crippen LogP contribution in [-0.4, -0.2) is 193 Å². The maximum atomic E-state index is 13.4. The van der Waals surface area contributed by atoms with E-state index in [9.17, 15) is 61.0 Å². The van der Waals surface area contributed by atoms with Crippen LogP contribution < -0.4 is 5.32 Å². The third-order valence-electron chi connectivity index (χ3n) is 18.1. The van der Waals surface area contributed by atoms with Crippen LogP contribution >= 0.6 is 0 Å². The summed E-state index contributed by atoms with van der Waals surface area (Å²) in [5.41, 5.74) is 0. The number of rotatable bonds is 58. The number of nitrogens with one attached hydrogen (secondary N) is 1. The van der Waals surface area contributed by atoms with Crippen molar-refractivity contribution in [1.29, 1.82) is 0 Å². The first kappa shape index (κ1) is 90.9. The van der Waals surface area contributed by atoms with E-state index in [1.807, 2.05) is 6.08 Å². The molecule has 3 fully saturated rings. The highest BCUT2D eigenvalue weighted by atomic mass is 16.8. The summed E-state index contributed by atoms with van der Waals surface area (Å²) in [6.45, 7) is 1.57. The molecule has 576 valence electrons. The minimum atomic E-state index is -1.99. The highest BCUT2D eigenvalue weighted by molar-refractivity contribution is 5.76. The molecule has 3 heterocycles. The van der Waals surface area contributed by atoms with Crippen molar-refractivity contribution in [2.75, 3.05) is 26.4 Å². The second kappa shape index (κ2) is 60.9. The zero-order valence-electron chi connectivity index (χ0n) is 61.3. The van der Waals surface area contributed by atoms with Crippen LogP contribution in [0.4, 0.5) is 0 Å². The van der Waals surface area contributed by atoms with Gasteiger partial charge in [0, 0.05) is 6.42 Å². The fraction of sp³-hybridized carbons (Fsp3) is 0.695. The molecule has 0 radical (unpaired) electrons. The van der Waals surface area contributed by atoms with Crippen LogP contribution in [0.15, 0.2) is 146 Å². The molecule has 101 heavy (non-hydrogen) atoms.